The zero-order valence-corrected chi connectivity index (χ0v) is 19.4. The molecule has 0 unspecified atom stereocenters. The van der Waals surface area contributed by atoms with Crippen LogP contribution in [0.3, 0.4) is 0 Å². The molecule has 0 radical (unpaired) electrons. The molecular formula is C21H26NNaO4S. The minimum Gasteiger partial charge on any atom is -0.550 e. The summed E-state index contributed by atoms with van der Waals surface area (Å²) in [6.07, 6.45) is 3.63. The predicted octanol–water partition coefficient (Wildman–Crippen LogP) is -1.01. The van der Waals surface area contributed by atoms with E-state index in [1.807, 2.05) is 12.1 Å². The van der Waals surface area contributed by atoms with Gasteiger partial charge in [0.2, 0.25) is 10.0 Å². The molecule has 1 N–H and O–H groups in total. The predicted molar refractivity (Wildman–Crippen MR) is 105 cm³/mol. The van der Waals surface area contributed by atoms with E-state index in [0.717, 1.165) is 30.4 Å². The first-order valence-electron chi connectivity index (χ1n) is 9.21. The number of sulfonamides is 1. The number of carboxylic acids is 1. The number of aryl methyl sites for hydroxylation is 2. The first-order valence-corrected chi connectivity index (χ1v) is 10.9. The van der Waals surface area contributed by atoms with E-state index in [1.54, 1.807) is 24.3 Å². The molecule has 2 aromatic rings. The molecule has 0 bridgehead atoms. The Bertz CT molecular complexity index is 851. The zero-order valence-electron chi connectivity index (χ0n) is 16.6. The molecular weight excluding hydrogens is 385 g/mol. The average Bonchev–Trinajstić information content (AvgIpc) is 2.64. The molecule has 0 amide bonds. The van der Waals surface area contributed by atoms with Gasteiger partial charge in [-0.25, -0.2) is 13.1 Å². The van der Waals surface area contributed by atoms with Crippen LogP contribution in [0.15, 0.2) is 48.5 Å². The van der Waals surface area contributed by atoms with Crippen LogP contribution in [0.1, 0.15) is 42.0 Å². The van der Waals surface area contributed by atoms with E-state index in [-0.39, 0.29) is 48.3 Å². The number of rotatable bonds is 11. The van der Waals surface area contributed by atoms with E-state index in [2.05, 4.69) is 23.8 Å². The molecule has 0 aliphatic carbocycles. The fourth-order valence-electron chi connectivity index (χ4n) is 2.79. The molecule has 0 heterocycles. The van der Waals surface area contributed by atoms with Gasteiger partial charge in [-0.3, -0.25) is 0 Å². The van der Waals surface area contributed by atoms with E-state index in [4.69, 9.17) is 0 Å². The van der Waals surface area contributed by atoms with Crippen LogP contribution in [0.2, 0.25) is 0 Å². The Hall–Kier alpha value is -1.18. The summed E-state index contributed by atoms with van der Waals surface area (Å²) >= 11 is 0. The molecule has 146 valence electrons. The second kappa shape index (κ2) is 12.4. The van der Waals surface area contributed by atoms with Crippen molar-refractivity contribution in [2.24, 2.45) is 0 Å². The Morgan fingerprint density at radius 1 is 0.964 bits per heavy atom. The van der Waals surface area contributed by atoms with Crippen LogP contribution >= 0.6 is 0 Å². The van der Waals surface area contributed by atoms with E-state index >= 15 is 0 Å². The smallest absolute Gasteiger partial charge is 0.550 e. The Kier molecular flexibility index (Phi) is 11.0. The standard InChI is InChI=1S/C21H27NO4S.Na/c1-2-3-5-17-8-10-18(11-9-17)12-13-27(25,26)22-16-20-7-4-6-19(14-20)15-21(23)24;/h4,6-11,14,22H,2-3,5,12-13,15-16H2,1H3,(H,23,24);/q;+1/p-1. The van der Waals surface area contributed by atoms with Crippen LogP contribution in [0.4, 0.5) is 0 Å². The second-order valence-electron chi connectivity index (χ2n) is 6.68. The van der Waals surface area contributed by atoms with Crippen molar-refractivity contribution in [3.05, 3.63) is 70.8 Å². The van der Waals surface area contributed by atoms with Gasteiger partial charge < -0.3 is 9.90 Å². The van der Waals surface area contributed by atoms with Crippen molar-refractivity contribution in [1.29, 1.82) is 0 Å². The third kappa shape index (κ3) is 9.34. The quantitative estimate of drug-likeness (QED) is 0.480. The van der Waals surface area contributed by atoms with Crippen LogP contribution in [-0.4, -0.2) is 20.1 Å². The average molecular weight is 411 g/mol. The monoisotopic (exact) mass is 411 g/mol. The van der Waals surface area contributed by atoms with Gasteiger partial charge in [0, 0.05) is 18.9 Å². The van der Waals surface area contributed by atoms with E-state index in [0.29, 0.717) is 12.0 Å². The second-order valence-corrected chi connectivity index (χ2v) is 8.61. The van der Waals surface area contributed by atoms with Crippen LogP contribution in [0, 0.1) is 0 Å². The van der Waals surface area contributed by atoms with Crippen molar-refractivity contribution in [1.82, 2.24) is 4.72 Å². The first kappa shape index (κ1) is 24.9. The molecule has 0 aliphatic heterocycles. The van der Waals surface area contributed by atoms with Crippen molar-refractivity contribution < 1.29 is 47.9 Å². The molecule has 0 aromatic heterocycles. The van der Waals surface area contributed by atoms with E-state index < -0.39 is 16.0 Å². The van der Waals surface area contributed by atoms with E-state index in [9.17, 15) is 18.3 Å². The Morgan fingerprint density at radius 2 is 1.57 bits per heavy atom. The van der Waals surface area contributed by atoms with Gasteiger partial charge in [0.25, 0.3) is 0 Å². The number of nitrogens with one attached hydrogen (secondary N) is 1. The van der Waals surface area contributed by atoms with Crippen LogP contribution < -0.4 is 39.4 Å². The third-order valence-electron chi connectivity index (χ3n) is 4.34. The van der Waals surface area contributed by atoms with Gasteiger partial charge in [0.05, 0.1) is 5.75 Å². The van der Waals surface area contributed by atoms with Gasteiger partial charge in [-0.15, -0.1) is 0 Å². The summed E-state index contributed by atoms with van der Waals surface area (Å²) in [5.74, 6) is -1.14. The van der Waals surface area contributed by atoms with Gasteiger partial charge in [-0.1, -0.05) is 61.9 Å². The summed E-state index contributed by atoms with van der Waals surface area (Å²) in [5.41, 5.74) is 3.59. The molecule has 0 aliphatic rings. The van der Waals surface area contributed by atoms with Crippen molar-refractivity contribution in [2.75, 3.05) is 5.75 Å². The fraction of sp³-hybridized carbons (Fsp3) is 0.381. The summed E-state index contributed by atoms with van der Waals surface area (Å²) in [7, 11) is -3.42. The van der Waals surface area contributed by atoms with Gasteiger partial charge in [0.1, 0.15) is 0 Å². The minimum atomic E-state index is -3.42. The van der Waals surface area contributed by atoms with Gasteiger partial charge in [0.15, 0.2) is 0 Å². The Morgan fingerprint density at radius 3 is 2.18 bits per heavy atom. The maximum absolute atomic E-state index is 12.2. The van der Waals surface area contributed by atoms with E-state index in [1.165, 1.54) is 5.56 Å². The third-order valence-corrected chi connectivity index (χ3v) is 5.66. The van der Waals surface area contributed by atoms with Crippen molar-refractivity contribution in [2.45, 2.75) is 45.6 Å². The summed E-state index contributed by atoms with van der Waals surface area (Å²) < 4.78 is 27.0. The summed E-state index contributed by atoms with van der Waals surface area (Å²) in [6, 6.07) is 14.9. The maximum atomic E-state index is 12.2. The molecule has 0 atom stereocenters. The molecule has 0 fully saturated rings. The van der Waals surface area contributed by atoms with Crippen molar-refractivity contribution in [3.8, 4) is 0 Å². The molecule has 5 nitrogen and oxygen atoms in total. The van der Waals surface area contributed by atoms with Crippen molar-refractivity contribution >= 4 is 16.0 Å². The number of unbranched alkanes of at least 4 members (excludes halogenated alkanes) is 1. The van der Waals surface area contributed by atoms with Crippen molar-refractivity contribution in [3.63, 3.8) is 0 Å². The Balaban J connectivity index is 0.00000392. The van der Waals surface area contributed by atoms with Crippen LogP contribution in [-0.2, 0) is 40.6 Å². The van der Waals surface area contributed by atoms with Crippen LogP contribution in [0.25, 0.3) is 0 Å². The maximum Gasteiger partial charge on any atom is 1.00 e. The number of carbonyl (C=O) groups excluding carboxylic acids is 1. The van der Waals surface area contributed by atoms with Gasteiger partial charge in [-0.05, 0) is 41.5 Å². The minimum absolute atomic E-state index is 0. The Labute approximate surface area is 189 Å². The number of aliphatic carboxylic acids is 1. The number of hydrogen-bond acceptors (Lipinski definition) is 4. The topological polar surface area (TPSA) is 86.3 Å². The summed E-state index contributed by atoms with van der Waals surface area (Å²) in [6.45, 7) is 2.30. The number of hydrogen-bond donors (Lipinski definition) is 1. The fourth-order valence-corrected chi connectivity index (χ4v) is 3.82. The van der Waals surface area contributed by atoms with Crippen LogP contribution in [0.5, 0.6) is 0 Å². The number of benzene rings is 2. The molecule has 28 heavy (non-hydrogen) atoms. The zero-order chi connectivity index (χ0) is 19.7. The van der Waals surface area contributed by atoms with Gasteiger partial charge in [-0.2, -0.15) is 0 Å². The molecule has 2 rings (SSSR count). The normalized spacial score (nSPS) is 11.0. The molecule has 0 spiro atoms. The van der Waals surface area contributed by atoms with Gasteiger partial charge >= 0.3 is 29.6 Å². The molecule has 2 aromatic carbocycles. The molecule has 7 heteroatoms. The summed E-state index contributed by atoms with van der Waals surface area (Å²) in [5, 5.41) is 10.7. The SMILES string of the molecule is CCCCc1ccc(CCS(=O)(=O)NCc2cccc(CC(=O)[O-])c2)cc1.[Na+]. The molecule has 0 saturated heterocycles. The number of carbonyl (C=O) groups is 1. The summed E-state index contributed by atoms with van der Waals surface area (Å²) in [4.78, 5) is 10.7. The number of carboxylic acid groups (broad SMARTS) is 1. The largest absolute Gasteiger partial charge is 1.00 e. The first-order chi connectivity index (χ1) is 12.9. The molecule has 0 saturated carbocycles.